The Hall–Kier alpha value is -0.610. The van der Waals surface area contributed by atoms with Crippen LogP contribution < -0.4 is 0 Å². The van der Waals surface area contributed by atoms with Gasteiger partial charge in [0.05, 0.1) is 6.10 Å². The summed E-state index contributed by atoms with van der Waals surface area (Å²) >= 11 is 0. The molecule has 1 heterocycles. The van der Waals surface area contributed by atoms with Crippen molar-refractivity contribution in [1.82, 2.24) is 4.90 Å². The Morgan fingerprint density at radius 3 is 2.06 bits per heavy atom. The molecular weight excluding hydrogens is 218 g/mol. The molecule has 0 spiro atoms. The van der Waals surface area contributed by atoms with Crippen LogP contribution in [0.2, 0.25) is 0 Å². The van der Waals surface area contributed by atoms with Crippen LogP contribution in [0, 0.1) is 0 Å². The van der Waals surface area contributed by atoms with E-state index in [1.54, 1.807) is 6.92 Å². The van der Waals surface area contributed by atoms with E-state index < -0.39 is 12.1 Å². The fraction of sp³-hybridized carbons (Fsp3) is 0.923. The van der Waals surface area contributed by atoms with Gasteiger partial charge in [0.15, 0.2) is 6.10 Å². The minimum atomic E-state index is -0.889. The Morgan fingerprint density at radius 1 is 1.29 bits per heavy atom. The summed E-state index contributed by atoms with van der Waals surface area (Å²) in [4.78, 5) is 13.2. The first-order valence-electron chi connectivity index (χ1n) is 6.18. The van der Waals surface area contributed by atoms with Gasteiger partial charge in [-0.3, -0.25) is 4.90 Å². The highest BCUT2D eigenvalue weighted by Crippen LogP contribution is 2.38. The lowest BCUT2D eigenvalue weighted by Gasteiger charge is -2.53. The van der Waals surface area contributed by atoms with E-state index in [9.17, 15) is 4.79 Å². The number of nitrogens with zero attached hydrogens (tertiary/aromatic N) is 1. The standard InChI is InChI=1S/C13H25NO3/c1-9(11(15)16)17-10-7-12(2,3)14(6)13(4,5)8-10/h9-10H,7-8H2,1-6H3,(H,15,16). The molecule has 1 fully saturated rings. The van der Waals surface area contributed by atoms with E-state index in [4.69, 9.17) is 9.84 Å². The summed E-state index contributed by atoms with van der Waals surface area (Å²) < 4.78 is 5.65. The van der Waals surface area contributed by atoms with E-state index in [0.29, 0.717) is 0 Å². The number of carboxylic acid groups (broad SMARTS) is 1. The third-order valence-electron chi connectivity index (χ3n) is 4.01. The zero-order chi connectivity index (χ0) is 13.4. The molecule has 1 saturated heterocycles. The Kier molecular flexibility index (Phi) is 3.89. The summed E-state index contributed by atoms with van der Waals surface area (Å²) in [5, 5.41) is 8.89. The SMILES string of the molecule is CC(OC1CC(C)(C)N(C)C(C)(C)C1)C(=O)O. The summed E-state index contributed by atoms with van der Waals surface area (Å²) in [7, 11) is 2.12. The number of aliphatic carboxylic acids is 1. The highest BCUT2D eigenvalue weighted by Gasteiger charge is 2.44. The Bertz CT molecular complexity index is 281. The molecule has 0 saturated carbocycles. The van der Waals surface area contributed by atoms with E-state index in [1.807, 2.05) is 0 Å². The van der Waals surface area contributed by atoms with Crippen molar-refractivity contribution >= 4 is 5.97 Å². The molecular formula is C13H25NO3. The second-order valence-electron chi connectivity index (χ2n) is 6.33. The highest BCUT2D eigenvalue weighted by molar-refractivity contribution is 5.71. The number of rotatable bonds is 3. The maximum atomic E-state index is 10.8. The summed E-state index contributed by atoms with van der Waals surface area (Å²) in [6.07, 6.45) is 1.02. The average Bonchev–Trinajstić information content (AvgIpc) is 2.12. The molecule has 4 nitrogen and oxygen atoms in total. The van der Waals surface area contributed by atoms with Crippen LogP contribution in [0.4, 0.5) is 0 Å². The molecule has 0 radical (unpaired) electrons. The number of hydrogen-bond donors (Lipinski definition) is 1. The van der Waals surface area contributed by atoms with Gasteiger partial charge in [-0.15, -0.1) is 0 Å². The quantitative estimate of drug-likeness (QED) is 0.825. The predicted octanol–water partition coefficient (Wildman–Crippen LogP) is 2.13. The van der Waals surface area contributed by atoms with Crippen molar-refractivity contribution in [2.45, 2.75) is 70.7 Å². The van der Waals surface area contributed by atoms with Crippen LogP contribution in [0.3, 0.4) is 0 Å². The molecule has 1 aliphatic rings. The third kappa shape index (κ3) is 3.19. The molecule has 100 valence electrons. The van der Waals surface area contributed by atoms with E-state index in [2.05, 4.69) is 39.6 Å². The Balaban J connectivity index is 2.75. The number of hydrogen-bond acceptors (Lipinski definition) is 3. The van der Waals surface area contributed by atoms with Crippen LogP contribution in [0.15, 0.2) is 0 Å². The van der Waals surface area contributed by atoms with Gasteiger partial charge < -0.3 is 9.84 Å². The number of carbonyl (C=O) groups is 1. The molecule has 1 aliphatic heterocycles. The minimum Gasteiger partial charge on any atom is -0.479 e. The fourth-order valence-electron chi connectivity index (χ4n) is 2.72. The maximum Gasteiger partial charge on any atom is 0.332 e. The Labute approximate surface area is 104 Å². The van der Waals surface area contributed by atoms with Crippen LogP contribution in [0.1, 0.15) is 47.5 Å². The lowest BCUT2D eigenvalue weighted by Crippen LogP contribution is -2.60. The van der Waals surface area contributed by atoms with Crippen molar-refractivity contribution in [3.8, 4) is 0 Å². The molecule has 0 amide bonds. The smallest absolute Gasteiger partial charge is 0.332 e. The highest BCUT2D eigenvalue weighted by atomic mass is 16.5. The number of ether oxygens (including phenoxy) is 1. The summed E-state index contributed by atoms with van der Waals surface area (Å²) in [5.41, 5.74) is 0.0648. The first-order chi connectivity index (χ1) is 7.56. The van der Waals surface area contributed by atoms with Gasteiger partial charge in [0.2, 0.25) is 0 Å². The number of likely N-dealkylation sites (tertiary alicyclic amines) is 1. The predicted molar refractivity (Wildman–Crippen MR) is 67.1 cm³/mol. The van der Waals surface area contributed by atoms with Crippen molar-refractivity contribution in [1.29, 1.82) is 0 Å². The van der Waals surface area contributed by atoms with Gasteiger partial charge in [-0.05, 0) is 54.5 Å². The molecule has 1 rings (SSSR count). The zero-order valence-electron chi connectivity index (χ0n) is 11.8. The first kappa shape index (κ1) is 14.5. The van der Waals surface area contributed by atoms with E-state index >= 15 is 0 Å². The van der Waals surface area contributed by atoms with Crippen LogP contribution in [-0.2, 0) is 9.53 Å². The topological polar surface area (TPSA) is 49.8 Å². The normalized spacial score (nSPS) is 26.7. The van der Waals surface area contributed by atoms with Crippen molar-refractivity contribution in [3.05, 3.63) is 0 Å². The van der Waals surface area contributed by atoms with Gasteiger partial charge in [0, 0.05) is 11.1 Å². The molecule has 4 heteroatoms. The lowest BCUT2D eigenvalue weighted by atomic mass is 9.78. The molecule has 17 heavy (non-hydrogen) atoms. The molecule has 0 aliphatic carbocycles. The molecule has 1 atom stereocenters. The number of piperidine rings is 1. The molecule has 0 bridgehead atoms. The van der Waals surface area contributed by atoms with Gasteiger partial charge in [-0.2, -0.15) is 0 Å². The molecule has 0 aromatic rings. The van der Waals surface area contributed by atoms with Crippen LogP contribution in [-0.4, -0.2) is 46.3 Å². The lowest BCUT2D eigenvalue weighted by molar-refractivity contribution is -0.161. The van der Waals surface area contributed by atoms with Gasteiger partial charge >= 0.3 is 5.97 Å². The van der Waals surface area contributed by atoms with E-state index in [-0.39, 0.29) is 17.2 Å². The second-order valence-corrected chi connectivity index (χ2v) is 6.33. The minimum absolute atomic E-state index is 0.0160. The summed E-state index contributed by atoms with van der Waals surface area (Å²) in [6.45, 7) is 10.3. The second kappa shape index (κ2) is 4.58. The molecule has 0 aromatic heterocycles. The summed E-state index contributed by atoms with van der Waals surface area (Å²) in [5.74, 6) is -0.889. The van der Waals surface area contributed by atoms with Gasteiger partial charge in [0.25, 0.3) is 0 Å². The van der Waals surface area contributed by atoms with Crippen molar-refractivity contribution < 1.29 is 14.6 Å². The van der Waals surface area contributed by atoms with Crippen LogP contribution >= 0.6 is 0 Å². The van der Waals surface area contributed by atoms with Crippen LogP contribution in [0.25, 0.3) is 0 Å². The maximum absolute atomic E-state index is 10.8. The van der Waals surface area contributed by atoms with Gasteiger partial charge in [-0.1, -0.05) is 0 Å². The van der Waals surface area contributed by atoms with E-state index in [1.165, 1.54) is 0 Å². The molecule has 1 N–H and O–H groups in total. The monoisotopic (exact) mass is 243 g/mol. The van der Waals surface area contributed by atoms with Crippen molar-refractivity contribution in [2.75, 3.05) is 7.05 Å². The van der Waals surface area contributed by atoms with Crippen molar-refractivity contribution in [2.24, 2.45) is 0 Å². The van der Waals surface area contributed by atoms with Gasteiger partial charge in [0.1, 0.15) is 0 Å². The molecule has 0 aromatic carbocycles. The average molecular weight is 243 g/mol. The summed E-state index contributed by atoms with van der Waals surface area (Å²) in [6, 6.07) is 0. The number of carboxylic acids is 1. The largest absolute Gasteiger partial charge is 0.479 e. The van der Waals surface area contributed by atoms with Gasteiger partial charge in [-0.25, -0.2) is 4.79 Å². The van der Waals surface area contributed by atoms with Crippen molar-refractivity contribution in [3.63, 3.8) is 0 Å². The zero-order valence-corrected chi connectivity index (χ0v) is 11.8. The third-order valence-corrected chi connectivity index (χ3v) is 4.01. The molecule has 1 unspecified atom stereocenters. The first-order valence-corrected chi connectivity index (χ1v) is 6.18. The Morgan fingerprint density at radius 2 is 1.71 bits per heavy atom. The fourth-order valence-corrected chi connectivity index (χ4v) is 2.72. The van der Waals surface area contributed by atoms with Crippen LogP contribution in [0.5, 0.6) is 0 Å². The van der Waals surface area contributed by atoms with E-state index in [0.717, 1.165) is 12.8 Å².